The fraction of sp³-hybridized carbons (Fsp3) is 0.0833. The number of aryl methyl sites for hydroxylation is 1. The molecule has 1 N–H and O–H groups in total. The van der Waals surface area contributed by atoms with Gasteiger partial charge < -0.3 is 5.32 Å². The first-order valence-corrected chi connectivity index (χ1v) is 6.89. The van der Waals surface area contributed by atoms with E-state index >= 15 is 0 Å². The number of hydrogen-bond acceptors (Lipinski definition) is 4. The maximum absolute atomic E-state index is 11.0. The summed E-state index contributed by atoms with van der Waals surface area (Å²) in [6.07, 6.45) is 1.51. The molecule has 5 nitrogen and oxygen atoms in total. The van der Waals surface area contributed by atoms with Crippen LogP contribution in [0.4, 0.5) is 17.2 Å². The number of nitro groups is 1. The Balaban J connectivity index is 2.37. The molecule has 1 heterocycles. The van der Waals surface area contributed by atoms with Crippen molar-refractivity contribution < 1.29 is 4.92 Å². The van der Waals surface area contributed by atoms with Crippen LogP contribution in [0, 0.1) is 17.0 Å². The van der Waals surface area contributed by atoms with Crippen molar-refractivity contribution >= 4 is 49.1 Å². The zero-order valence-corrected chi connectivity index (χ0v) is 13.0. The molecule has 98 valence electrons. The van der Waals surface area contributed by atoms with E-state index in [1.807, 2.05) is 25.1 Å². The van der Waals surface area contributed by atoms with E-state index in [1.54, 1.807) is 0 Å². The molecule has 0 aliphatic rings. The van der Waals surface area contributed by atoms with Crippen molar-refractivity contribution in [3.05, 3.63) is 55.1 Å². The molecule has 7 heteroatoms. The van der Waals surface area contributed by atoms with Gasteiger partial charge in [-0.3, -0.25) is 10.1 Å². The van der Waals surface area contributed by atoms with Crippen LogP contribution in [0.2, 0.25) is 0 Å². The predicted octanol–water partition coefficient (Wildman–Crippen LogP) is 4.57. The molecule has 0 spiro atoms. The quantitative estimate of drug-likeness (QED) is 0.619. The highest BCUT2D eigenvalue weighted by atomic mass is 79.9. The molecule has 1 aromatic carbocycles. The molecule has 0 fully saturated rings. The summed E-state index contributed by atoms with van der Waals surface area (Å²) in [6.45, 7) is 1.97. The zero-order valence-electron chi connectivity index (χ0n) is 9.85. The van der Waals surface area contributed by atoms with E-state index in [1.165, 1.54) is 12.3 Å². The highest BCUT2D eigenvalue weighted by molar-refractivity contribution is 9.10. The number of aromatic nitrogens is 1. The Morgan fingerprint density at radius 1 is 1.32 bits per heavy atom. The van der Waals surface area contributed by atoms with Crippen molar-refractivity contribution in [2.45, 2.75) is 6.92 Å². The number of benzene rings is 1. The number of hydrogen-bond donors (Lipinski definition) is 1. The minimum atomic E-state index is -0.469. The van der Waals surface area contributed by atoms with Crippen molar-refractivity contribution in [2.75, 3.05) is 5.32 Å². The van der Waals surface area contributed by atoms with Crippen LogP contribution in [-0.2, 0) is 0 Å². The van der Waals surface area contributed by atoms with Gasteiger partial charge >= 0.3 is 5.69 Å². The molecule has 0 aliphatic carbocycles. The van der Waals surface area contributed by atoms with E-state index in [2.05, 4.69) is 42.2 Å². The largest absolute Gasteiger partial charge is 0.334 e. The van der Waals surface area contributed by atoms with Crippen molar-refractivity contribution in [2.24, 2.45) is 0 Å². The van der Waals surface area contributed by atoms with E-state index in [9.17, 15) is 10.1 Å². The molecule has 2 rings (SSSR count). The lowest BCUT2D eigenvalue weighted by Crippen LogP contribution is -1.99. The van der Waals surface area contributed by atoms with Gasteiger partial charge in [0.15, 0.2) is 0 Å². The van der Waals surface area contributed by atoms with Crippen LogP contribution in [0.25, 0.3) is 0 Å². The summed E-state index contributed by atoms with van der Waals surface area (Å²) in [7, 11) is 0. The monoisotopic (exact) mass is 385 g/mol. The number of anilines is 2. The normalized spacial score (nSPS) is 10.3. The highest BCUT2D eigenvalue weighted by Gasteiger charge is 2.16. The van der Waals surface area contributed by atoms with E-state index in [4.69, 9.17) is 0 Å². The molecule has 19 heavy (non-hydrogen) atoms. The van der Waals surface area contributed by atoms with Crippen molar-refractivity contribution in [1.82, 2.24) is 4.98 Å². The Kier molecular flexibility index (Phi) is 4.16. The van der Waals surface area contributed by atoms with Crippen LogP contribution in [-0.4, -0.2) is 9.91 Å². The average Bonchev–Trinajstić information content (AvgIpc) is 2.36. The molecule has 0 amide bonds. The Morgan fingerprint density at radius 2 is 2.05 bits per heavy atom. The molecular weight excluding hydrogens is 378 g/mol. The van der Waals surface area contributed by atoms with Crippen LogP contribution < -0.4 is 5.32 Å². The molecule has 1 aromatic heterocycles. The number of pyridine rings is 1. The first-order valence-electron chi connectivity index (χ1n) is 5.30. The summed E-state index contributed by atoms with van der Waals surface area (Å²) < 4.78 is 1.49. The minimum absolute atomic E-state index is 0.0777. The Morgan fingerprint density at radius 3 is 2.68 bits per heavy atom. The van der Waals surface area contributed by atoms with Gasteiger partial charge in [-0.15, -0.1) is 0 Å². The van der Waals surface area contributed by atoms with E-state index < -0.39 is 4.92 Å². The van der Waals surface area contributed by atoms with Crippen LogP contribution in [0.5, 0.6) is 0 Å². The first-order chi connectivity index (χ1) is 8.97. The Hall–Kier alpha value is -1.47. The summed E-state index contributed by atoms with van der Waals surface area (Å²) in [5.74, 6) is 0.212. The lowest BCUT2D eigenvalue weighted by atomic mass is 10.2. The van der Waals surface area contributed by atoms with Gasteiger partial charge in [0.2, 0.25) is 5.82 Å². The lowest BCUT2D eigenvalue weighted by molar-refractivity contribution is -0.384. The first kappa shape index (κ1) is 14.0. The smallest absolute Gasteiger partial charge is 0.312 e. The van der Waals surface area contributed by atoms with Gasteiger partial charge in [-0.1, -0.05) is 22.0 Å². The third kappa shape index (κ3) is 3.30. The SMILES string of the molecule is Cc1ccc(Nc2ncc(Br)cc2[N+](=O)[O-])cc1Br. The average molecular weight is 387 g/mol. The molecule has 0 unspecified atom stereocenters. The second-order valence-corrected chi connectivity index (χ2v) is 5.64. The molecule has 0 saturated heterocycles. The van der Waals surface area contributed by atoms with Gasteiger partial charge in [0, 0.05) is 26.9 Å². The maximum Gasteiger partial charge on any atom is 0.312 e. The zero-order chi connectivity index (χ0) is 14.0. The van der Waals surface area contributed by atoms with Crippen molar-refractivity contribution in [1.29, 1.82) is 0 Å². The number of halogens is 2. The van der Waals surface area contributed by atoms with Crippen LogP contribution in [0.1, 0.15) is 5.56 Å². The Labute approximate surface area is 126 Å². The van der Waals surface area contributed by atoms with E-state index in [0.717, 1.165) is 15.7 Å². The molecule has 0 atom stereocenters. The van der Waals surface area contributed by atoms with Crippen molar-refractivity contribution in [3.63, 3.8) is 0 Å². The van der Waals surface area contributed by atoms with E-state index in [-0.39, 0.29) is 11.5 Å². The second kappa shape index (κ2) is 5.66. The van der Waals surface area contributed by atoms with Gasteiger partial charge in [0.05, 0.1) is 4.92 Å². The summed E-state index contributed by atoms with van der Waals surface area (Å²) in [4.78, 5) is 14.5. The highest BCUT2D eigenvalue weighted by Crippen LogP contribution is 2.29. The fourth-order valence-corrected chi connectivity index (χ4v) is 2.17. The molecule has 0 aliphatic heterocycles. The molecule has 0 bridgehead atoms. The maximum atomic E-state index is 11.0. The van der Waals surface area contributed by atoms with Crippen molar-refractivity contribution in [3.8, 4) is 0 Å². The molecular formula is C12H9Br2N3O2. The third-order valence-electron chi connectivity index (χ3n) is 2.47. The molecule has 0 radical (unpaired) electrons. The van der Waals surface area contributed by atoms with Crippen LogP contribution in [0.15, 0.2) is 39.4 Å². The van der Waals surface area contributed by atoms with Gasteiger partial charge in [-0.05, 0) is 40.5 Å². The lowest BCUT2D eigenvalue weighted by Gasteiger charge is -2.08. The summed E-state index contributed by atoms with van der Waals surface area (Å²) in [6, 6.07) is 7.02. The summed E-state index contributed by atoms with van der Waals surface area (Å²) >= 11 is 6.59. The number of rotatable bonds is 3. The fourth-order valence-electron chi connectivity index (χ4n) is 1.47. The standard InChI is InChI=1S/C12H9Br2N3O2/c1-7-2-3-9(5-10(7)14)16-12-11(17(18)19)4-8(13)6-15-12/h2-6H,1H3,(H,15,16). The minimum Gasteiger partial charge on any atom is -0.334 e. The van der Waals surface area contributed by atoms with Gasteiger partial charge in [0.1, 0.15) is 0 Å². The summed E-state index contributed by atoms with van der Waals surface area (Å²) in [5, 5.41) is 13.9. The van der Waals surface area contributed by atoms with Crippen LogP contribution >= 0.6 is 31.9 Å². The molecule has 0 saturated carbocycles. The predicted molar refractivity (Wildman–Crippen MR) is 80.8 cm³/mol. The third-order valence-corrected chi connectivity index (χ3v) is 3.75. The molecule has 2 aromatic rings. The van der Waals surface area contributed by atoms with Crippen LogP contribution in [0.3, 0.4) is 0 Å². The van der Waals surface area contributed by atoms with Gasteiger partial charge in [0.25, 0.3) is 0 Å². The number of nitrogens with zero attached hydrogens (tertiary/aromatic N) is 2. The number of nitrogens with one attached hydrogen (secondary N) is 1. The summed E-state index contributed by atoms with van der Waals surface area (Å²) in [5.41, 5.74) is 1.74. The van der Waals surface area contributed by atoms with E-state index in [0.29, 0.717) is 4.47 Å². The second-order valence-electron chi connectivity index (χ2n) is 3.87. The topological polar surface area (TPSA) is 68.1 Å². The Bertz CT molecular complexity index is 647. The van der Waals surface area contributed by atoms with Gasteiger partial charge in [-0.2, -0.15) is 0 Å². The van der Waals surface area contributed by atoms with Gasteiger partial charge in [-0.25, -0.2) is 4.98 Å².